The van der Waals surface area contributed by atoms with Crippen LogP contribution in [0.3, 0.4) is 0 Å². The molecule has 1 aliphatic heterocycles. The quantitative estimate of drug-likeness (QED) is 0.244. The molecule has 0 radical (unpaired) electrons. The van der Waals surface area contributed by atoms with Gasteiger partial charge in [0.1, 0.15) is 0 Å². The number of allylic oxidation sites excluding steroid dienone is 1. The predicted molar refractivity (Wildman–Crippen MR) is 177 cm³/mol. The number of carbonyl (C=O) groups is 1. The van der Waals surface area contributed by atoms with Gasteiger partial charge in [0, 0.05) is 22.4 Å². The van der Waals surface area contributed by atoms with Crippen LogP contribution in [-0.4, -0.2) is 31.9 Å². The summed E-state index contributed by atoms with van der Waals surface area (Å²) in [5.74, 6) is -0.0284. The van der Waals surface area contributed by atoms with E-state index in [0.29, 0.717) is 29.7 Å². The lowest BCUT2D eigenvalue weighted by molar-refractivity contribution is -0.112. The Morgan fingerprint density at radius 3 is 1.82 bits per heavy atom. The van der Waals surface area contributed by atoms with E-state index in [0.717, 1.165) is 79.7 Å². The molecular formula is C38H46N2O4. The lowest BCUT2D eigenvalue weighted by Gasteiger charge is -2.25. The second-order valence-electron chi connectivity index (χ2n) is 14.1. The van der Waals surface area contributed by atoms with Crippen molar-refractivity contribution in [1.82, 2.24) is 4.98 Å². The Morgan fingerprint density at radius 1 is 0.841 bits per heavy atom. The molecule has 1 amide bonds. The molecule has 2 aliphatic carbocycles. The van der Waals surface area contributed by atoms with Gasteiger partial charge in [-0.3, -0.25) is 4.79 Å². The first-order valence-electron chi connectivity index (χ1n) is 16.1. The largest absolute Gasteiger partial charge is 0.494 e. The molecule has 0 fully saturated rings. The number of hydrogen-bond donors (Lipinski definition) is 4. The number of aromatic nitrogens is 1. The van der Waals surface area contributed by atoms with Crippen molar-refractivity contribution in [2.24, 2.45) is 4.99 Å². The molecule has 3 aromatic rings. The van der Waals surface area contributed by atoms with Crippen LogP contribution in [0.25, 0.3) is 16.8 Å². The summed E-state index contributed by atoms with van der Waals surface area (Å²) in [6.45, 7) is 20.7. The van der Waals surface area contributed by atoms with Gasteiger partial charge < -0.3 is 20.3 Å². The summed E-state index contributed by atoms with van der Waals surface area (Å²) in [6.07, 6.45) is 4.68. The second-order valence-corrected chi connectivity index (χ2v) is 14.1. The number of aliphatic imine (C=N–C) groups is 1. The third-order valence-electron chi connectivity index (χ3n) is 10.9. The van der Waals surface area contributed by atoms with Crippen molar-refractivity contribution >= 4 is 17.2 Å². The molecule has 0 spiro atoms. The summed E-state index contributed by atoms with van der Waals surface area (Å²) in [5, 5.41) is 33.8. The number of aromatic amines is 1. The van der Waals surface area contributed by atoms with Gasteiger partial charge in [0.2, 0.25) is 0 Å². The van der Waals surface area contributed by atoms with Crippen LogP contribution in [0.2, 0.25) is 0 Å². The van der Waals surface area contributed by atoms with E-state index in [9.17, 15) is 20.1 Å². The van der Waals surface area contributed by atoms with Crippen molar-refractivity contribution in [3.63, 3.8) is 0 Å². The summed E-state index contributed by atoms with van der Waals surface area (Å²) < 4.78 is 0. The molecule has 2 aromatic carbocycles. The summed E-state index contributed by atoms with van der Waals surface area (Å²) in [6, 6.07) is 1.88. The maximum Gasteiger partial charge on any atom is 0.278 e. The summed E-state index contributed by atoms with van der Waals surface area (Å²) in [7, 11) is 0. The van der Waals surface area contributed by atoms with Crippen LogP contribution in [0.15, 0.2) is 17.1 Å². The minimum atomic E-state index is -0.882. The van der Waals surface area contributed by atoms with E-state index in [-0.39, 0.29) is 23.6 Å². The SMILES string of the molecule is CCc1c(C)c2c(c(C)c1C1=NC(=O)C(c3cc(-c4c(C)c5c(c(C)c4CC)[C@](C)(O)C[C@@H]5C)[nH]c3O)=C1)[C@H](C)C[C@]2(C)O. The zero-order valence-corrected chi connectivity index (χ0v) is 27.8. The number of nitrogens with zero attached hydrogens (tertiary/aromatic N) is 1. The number of aromatic hydroxyl groups is 1. The molecule has 0 saturated carbocycles. The molecule has 44 heavy (non-hydrogen) atoms. The van der Waals surface area contributed by atoms with Crippen LogP contribution in [0.4, 0.5) is 0 Å². The summed E-state index contributed by atoms with van der Waals surface area (Å²) in [5.41, 5.74) is 13.4. The van der Waals surface area contributed by atoms with Crippen molar-refractivity contribution in [3.8, 4) is 17.1 Å². The fraction of sp³-hybridized carbons (Fsp3) is 0.474. The lowest BCUT2D eigenvalue weighted by Crippen LogP contribution is -2.20. The smallest absolute Gasteiger partial charge is 0.278 e. The number of H-pyrrole nitrogens is 1. The minimum Gasteiger partial charge on any atom is -0.494 e. The fourth-order valence-electron chi connectivity index (χ4n) is 9.50. The summed E-state index contributed by atoms with van der Waals surface area (Å²) in [4.78, 5) is 21.3. The second kappa shape index (κ2) is 10.0. The van der Waals surface area contributed by atoms with E-state index in [2.05, 4.69) is 65.4 Å². The van der Waals surface area contributed by atoms with E-state index in [1.54, 1.807) is 0 Å². The van der Waals surface area contributed by atoms with Gasteiger partial charge in [-0.15, -0.1) is 0 Å². The zero-order valence-electron chi connectivity index (χ0n) is 27.8. The van der Waals surface area contributed by atoms with Crippen LogP contribution in [-0.2, 0) is 28.8 Å². The van der Waals surface area contributed by atoms with Crippen molar-refractivity contribution < 1.29 is 20.1 Å². The molecule has 2 heterocycles. The van der Waals surface area contributed by atoms with Crippen LogP contribution >= 0.6 is 0 Å². The highest BCUT2D eigenvalue weighted by atomic mass is 16.3. The molecule has 6 nitrogen and oxygen atoms in total. The summed E-state index contributed by atoms with van der Waals surface area (Å²) >= 11 is 0. The molecule has 1 aromatic heterocycles. The number of carbonyl (C=O) groups excluding carboxylic acids is 1. The number of amides is 1. The molecule has 6 rings (SSSR count). The molecule has 3 aliphatic rings. The van der Waals surface area contributed by atoms with Gasteiger partial charge in [-0.2, -0.15) is 0 Å². The van der Waals surface area contributed by atoms with Crippen molar-refractivity contribution in [2.75, 3.05) is 0 Å². The molecule has 6 heteroatoms. The van der Waals surface area contributed by atoms with E-state index >= 15 is 0 Å². The Kier molecular flexibility index (Phi) is 6.95. The molecule has 0 bridgehead atoms. The number of benzene rings is 2. The average Bonchev–Trinajstić information content (AvgIpc) is 3.62. The standard InChI is InChI=1S/C38H46N2O4/c1-11-23-19(5)33-29(17(3)15-37(33,9)43)21(7)31(23)27-13-25(35(41)39-27)26-14-28(40-36(26)42)32-22(8)30-18(4)16-38(10,44)34(30)20(6)24(32)12-2/h13-14,17-18,39,41,43-44H,11-12,15-16H2,1-10H3/t17-,18+,37+,38-/m0/s1. The Bertz CT molecular complexity index is 1830. The van der Waals surface area contributed by atoms with Gasteiger partial charge in [-0.05, 0) is 147 Å². The van der Waals surface area contributed by atoms with Gasteiger partial charge in [0.25, 0.3) is 5.91 Å². The Balaban J connectivity index is 1.49. The van der Waals surface area contributed by atoms with Crippen LogP contribution < -0.4 is 0 Å². The van der Waals surface area contributed by atoms with Crippen molar-refractivity contribution in [3.05, 3.63) is 78.9 Å². The zero-order chi connectivity index (χ0) is 32.2. The van der Waals surface area contributed by atoms with E-state index in [1.165, 1.54) is 5.56 Å². The van der Waals surface area contributed by atoms with E-state index < -0.39 is 11.2 Å². The first kappa shape index (κ1) is 30.5. The van der Waals surface area contributed by atoms with E-state index in [4.69, 9.17) is 0 Å². The van der Waals surface area contributed by atoms with Crippen LogP contribution in [0.1, 0.15) is 133 Å². The molecule has 0 unspecified atom stereocenters. The number of rotatable bonds is 5. The van der Waals surface area contributed by atoms with Crippen LogP contribution in [0.5, 0.6) is 5.88 Å². The van der Waals surface area contributed by atoms with Gasteiger partial charge >= 0.3 is 0 Å². The Morgan fingerprint density at radius 2 is 1.32 bits per heavy atom. The third-order valence-corrected chi connectivity index (χ3v) is 10.9. The van der Waals surface area contributed by atoms with Gasteiger partial charge in [-0.1, -0.05) is 27.7 Å². The third kappa shape index (κ3) is 4.13. The van der Waals surface area contributed by atoms with Crippen LogP contribution in [0, 0.1) is 27.7 Å². The number of fused-ring (bicyclic) bond motifs is 2. The Labute approximate surface area is 261 Å². The van der Waals surface area contributed by atoms with E-state index in [1.807, 2.05) is 26.0 Å². The van der Waals surface area contributed by atoms with Crippen molar-refractivity contribution in [2.45, 2.75) is 118 Å². The highest BCUT2D eigenvalue weighted by Crippen LogP contribution is 2.52. The predicted octanol–water partition coefficient (Wildman–Crippen LogP) is 7.59. The average molecular weight is 595 g/mol. The molecule has 232 valence electrons. The molecule has 4 atom stereocenters. The molecule has 0 saturated heterocycles. The maximum absolute atomic E-state index is 13.5. The molecular weight excluding hydrogens is 548 g/mol. The number of hydrogen-bond acceptors (Lipinski definition) is 4. The number of nitrogens with one attached hydrogen (secondary N) is 1. The van der Waals surface area contributed by atoms with Gasteiger partial charge in [-0.25, -0.2) is 4.99 Å². The first-order valence-corrected chi connectivity index (χ1v) is 16.1. The monoisotopic (exact) mass is 594 g/mol. The highest BCUT2D eigenvalue weighted by molar-refractivity contribution is 6.36. The fourth-order valence-corrected chi connectivity index (χ4v) is 9.50. The highest BCUT2D eigenvalue weighted by Gasteiger charge is 2.43. The number of aliphatic hydroxyl groups is 2. The minimum absolute atomic E-state index is 0.0575. The van der Waals surface area contributed by atoms with Gasteiger partial charge in [0.15, 0.2) is 5.88 Å². The van der Waals surface area contributed by atoms with Gasteiger partial charge in [0.05, 0.1) is 22.5 Å². The van der Waals surface area contributed by atoms with Crippen molar-refractivity contribution in [1.29, 1.82) is 0 Å². The Hall–Kier alpha value is -3.48. The normalized spacial score (nSPS) is 25.9. The first-order chi connectivity index (χ1) is 20.5. The molecule has 4 N–H and O–H groups in total. The topological polar surface area (TPSA) is 106 Å². The maximum atomic E-state index is 13.5. The lowest BCUT2D eigenvalue weighted by atomic mass is 9.82.